The SMILES string of the molecule is CC[C@@H](C(=O)NC1CCCCC1)N(Cc1ccc(Cl)c(Cl)c1)C(=O)COc1ccccc1. The summed E-state index contributed by atoms with van der Waals surface area (Å²) in [6.45, 7) is 2.00. The van der Waals surface area contributed by atoms with E-state index in [9.17, 15) is 9.59 Å². The molecular formula is C25H30Cl2N2O3. The second-order valence-electron chi connectivity index (χ2n) is 8.14. The normalized spacial score (nSPS) is 15.1. The third-order valence-electron chi connectivity index (χ3n) is 5.78. The van der Waals surface area contributed by atoms with Crippen LogP contribution in [0.15, 0.2) is 48.5 Å². The van der Waals surface area contributed by atoms with Crippen LogP contribution in [0, 0.1) is 0 Å². The van der Waals surface area contributed by atoms with Crippen molar-refractivity contribution in [3.63, 3.8) is 0 Å². The topological polar surface area (TPSA) is 58.6 Å². The lowest BCUT2D eigenvalue weighted by Gasteiger charge is -2.32. The number of rotatable bonds is 9. The van der Waals surface area contributed by atoms with E-state index in [-0.39, 0.29) is 31.0 Å². The molecule has 1 aliphatic rings. The largest absolute Gasteiger partial charge is 0.484 e. The van der Waals surface area contributed by atoms with Crippen molar-refractivity contribution in [1.82, 2.24) is 10.2 Å². The molecule has 0 heterocycles. The van der Waals surface area contributed by atoms with Crippen molar-refractivity contribution in [1.29, 1.82) is 0 Å². The van der Waals surface area contributed by atoms with Crippen LogP contribution in [0.25, 0.3) is 0 Å². The Bertz CT molecular complexity index is 901. The first kappa shape index (κ1) is 24.4. The summed E-state index contributed by atoms with van der Waals surface area (Å²) in [6.07, 6.45) is 5.93. The maximum absolute atomic E-state index is 13.2. The Morgan fingerprint density at radius 1 is 1.06 bits per heavy atom. The van der Waals surface area contributed by atoms with Gasteiger partial charge in [-0.05, 0) is 49.1 Å². The Kier molecular flexibility index (Phi) is 9.24. The molecule has 0 unspecified atom stereocenters. The van der Waals surface area contributed by atoms with Crippen molar-refractivity contribution in [2.45, 2.75) is 64.1 Å². The fourth-order valence-corrected chi connectivity index (χ4v) is 4.36. The van der Waals surface area contributed by atoms with Crippen LogP contribution in [0.3, 0.4) is 0 Å². The van der Waals surface area contributed by atoms with Gasteiger partial charge in [0.15, 0.2) is 6.61 Å². The number of halogens is 2. The van der Waals surface area contributed by atoms with Gasteiger partial charge in [-0.3, -0.25) is 9.59 Å². The van der Waals surface area contributed by atoms with Gasteiger partial charge in [0.25, 0.3) is 5.91 Å². The van der Waals surface area contributed by atoms with E-state index < -0.39 is 6.04 Å². The zero-order chi connectivity index (χ0) is 22.9. The minimum atomic E-state index is -0.599. The number of hydrogen-bond donors (Lipinski definition) is 1. The molecule has 0 spiro atoms. The van der Waals surface area contributed by atoms with Crippen LogP contribution < -0.4 is 10.1 Å². The molecule has 1 fully saturated rings. The highest BCUT2D eigenvalue weighted by Crippen LogP contribution is 2.24. The maximum atomic E-state index is 13.2. The van der Waals surface area contributed by atoms with Gasteiger partial charge in [0.1, 0.15) is 11.8 Å². The molecule has 1 N–H and O–H groups in total. The van der Waals surface area contributed by atoms with Crippen LogP contribution in [0.1, 0.15) is 51.0 Å². The number of ether oxygens (including phenoxy) is 1. The van der Waals surface area contributed by atoms with Crippen molar-refractivity contribution in [2.24, 2.45) is 0 Å². The van der Waals surface area contributed by atoms with E-state index in [4.69, 9.17) is 27.9 Å². The van der Waals surface area contributed by atoms with Crippen molar-refractivity contribution < 1.29 is 14.3 Å². The van der Waals surface area contributed by atoms with E-state index in [1.165, 1.54) is 6.42 Å². The fourth-order valence-electron chi connectivity index (χ4n) is 4.04. The zero-order valence-corrected chi connectivity index (χ0v) is 19.9. The summed E-state index contributed by atoms with van der Waals surface area (Å²) in [5, 5.41) is 4.03. The number of para-hydroxylation sites is 1. The predicted molar refractivity (Wildman–Crippen MR) is 128 cm³/mol. The van der Waals surface area contributed by atoms with Crippen LogP contribution in [0.5, 0.6) is 5.75 Å². The number of hydrogen-bond acceptors (Lipinski definition) is 3. The van der Waals surface area contributed by atoms with E-state index in [2.05, 4.69) is 5.32 Å². The molecule has 1 saturated carbocycles. The number of nitrogens with zero attached hydrogens (tertiary/aromatic N) is 1. The van der Waals surface area contributed by atoms with E-state index in [0.717, 1.165) is 31.2 Å². The Morgan fingerprint density at radius 3 is 2.44 bits per heavy atom. The summed E-state index contributed by atoms with van der Waals surface area (Å²) >= 11 is 12.2. The van der Waals surface area contributed by atoms with Gasteiger partial charge in [0.05, 0.1) is 10.0 Å². The van der Waals surface area contributed by atoms with E-state index in [0.29, 0.717) is 22.2 Å². The molecule has 0 bridgehead atoms. The summed E-state index contributed by atoms with van der Waals surface area (Å²) in [7, 11) is 0. The van der Waals surface area contributed by atoms with Crippen molar-refractivity contribution in [2.75, 3.05) is 6.61 Å². The van der Waals surface area contributed by atoms with Gasteiger partial charge in [-0.2, -0.15) is 0 Å². The van der Waals surface area contributed by atoms with Crippen LogP contribution in [0.4, 0.5) is 0 Å². The number of benzene rings is 2. The monoisotopic (exact) mass is 476 g/mol. The third kappa shape index (κ3) is 6.88. The van der Waals surface area contributed by atoms with Crippen LogP contribution in [-0.2, 0) is 16.1 Å². The molecular weight excluding hydrogens is 447 g/mol. The van der Waals surface area contributed by atoms with Crippen LogP contribution >= 0.6 is 23.2 Å². The van der Waals surface area contributed by atoms with Gasteiger partial charge in [-0.1, -0.05) is 73.7 Å². The summed E-state index contributed by atoms with van der Waals surface area (Å²) in [5.74, 6) is 0.230. The number of nitrogens with one attached hydrogen (secondary N) is 1. The van der Waals surface area contributed by atoms with E-state index in [1.807, 2.05) is 31.2 Å². The Balaban J connectivity index is 1.77. The Labute approximate surface area is 200 Å². The second kappa shape index (κ2) is 12.1. The van der Waals surface area contributed by atoms with Crippen LogP contribution in [-0.4, -0.2) is 35.4 Å². The molecule has 0 saturated heterocycles. The lowest BCUT2D eigenvalue weighted by molar-refractivity contribution is -0.143. The molecule has 32 heavy (non-hydrogen) atoms. The van der Waals surface area contributed by atoms with Gasteiger partial charge in [-0.25, -0.2) is 0 Å². The van der Waals surface area contributed by atoms with E-state index in [1.54, 1.807) is 29.2 Å². The minimum absolute atomic E-state index is 0.118. The quantitative estimate of drug-likeness (QED) is 0.510. The summed E-state index contributed by atoms with van der Waals surface area (Å²) in [4.78, 5) is 28.0. The summed E-state index contributed by atoms with van der Waals surface area (Å²) in [6, 6.07) is 14.0. The summed E-state index contributed by atoms with van der Waals surface area (Å²) < 4.78 is 5.68. The number of amides is 2. The molecule has 0 aliphatic heterocycles. The Morgan fingerprint density at radius 2 is 1.78 bits per heavy atom. The predicted octanol–water partition coefficient (Wildman–Crippen LogP) is 5.63. The van der Waals surface area contributed by atoms with Gasteiger partial charge in [-0.15, -0.1) is 0 Å². The van der Waals surface area contributed by atoms with Gasteiger partial charge in [0.2, 0.25) is 5.91 Å². The molecule has 3 rings (SSSR count). The van der Waals surface area contributed by atoms with Gasteiger partial charge in [0, 0.05) is 12.6 Å². The van der Waals surface area contributed by atoms with E-state index >= 15 is 0 Å². The molecule has 2 aromatic carbocycles. The number of carbonyl (C=O) groups is 2. The highest BCUT2D eigenvalue weighted by molar-refractivity contribution is 6.42. The minimum Gasteiger partial charge on any atom is -0.484 e. The van der Waals surface area contributed by atoms with Crippen molar-refractivity contribution >= 4 is 35.0 Å². The second-order valence-corrected chi connectivity index (χ2v) is 8.95. The Hall–Kier alpha value is -2.24. The molecule has 0 aromatic heterocycles. The van der Waals surface area contributed by atoms with Crippen LogP contribution in [0.2, 0.25) is 10.0 Å². The first-order chi connectivity index (χ1) is 15.5. The molecule has 2 aromatic rings. The average Bonchev–Trinajstić information content (AvgIpc) is 2.81. The molecule has 1 aliphatic carbocycles. The first-order valence-electron chi connectivity index (χ1n) is 11.2. The standard InChI is InChI=1S/C25H30Cl2N2O3/c1-2-23(25(31)28-19-9-5-3-6-10-19)29(16-18-13-14-21(26)22(27)15-18)24(30)17-32-20-11-7-4-8-12-20/h4,7-8,11-15,19,23H,2-3,5-6,9-10,16-17H2,1H3,(H,28,31)/t23-/m0/s1. The number of carbonyl (C=O) groups excluding carboxylic acids is 2. The smallest absolute Gasteiger partial charge is 0.261 e. The molecule has 5 nitrogen and oxygen atoms in total. The molecule has 7 heteroatoms. The lowest BCUT2D eigenvalue weighted by Crippen LogP contribution is -2.52. The maximum Gasteiger partial charge on any atom is 0.261 e. The third-order valence-corrected chi connectivity index (χ3v) is 6.52. The van der Waals surface area contributed by atoms with Gasteiger partial charge < -0.3 is 15.0 Å². The lowest BCUT2D eigenvalue weighted by atomic mass is 9.95. The first-order valence-corrected chi connectivity index (χ1v) is 11.9. The van der Waals surface area contributed by atoms with Crippen molar-refractivity contribution in [3.05, 3.63) is 64.1 Å². The average molecular weight is 477 g/mol. The zero-order valence-electron chi connectivity index (χ0n) is 18.4. The molecule has 1 atom stereocenters. The molecule has 172 valence electrons. The fraction of sp³-hybridized carbons (Fsp3) is 0.440. The highest BCUT2D eigenvalue weighted by atomic mass is 35.5. The molecule has 0 radical (unpaired) electrons. The summed E-state index contributed by atoms with van der Waals surface area (Å²) in [5.41, 5.74) is 0.802. The van der Waals surface area contributed by atoms with Crippen molar-refractivity contribution in [3.8, 4) is 5.75 Å². The molecule has 2 amide bonds. The van der Waals surface area contributed by atoms with Gasteiger partial charge >= 0.3 is 0 Å². The highest BCUT2D eigenvalue weighted by Gasteiger charge is 2.30.